The van der Waals surface area contributed by atoms with E-state index in [0.29, 0.717) is 30.0 Å². The predicted molar refractivity (Wildman–Crippen MR) is 96.0 cm³/mol. The second-order valence-electron chi connectivity index (χ2n) is 5.65. The third-order valence-electron chi connectivity index (χ3n) is 4.00. The van der Waals surface area contributed by atoms with Gasteiger partial charge in [-0.1, -0.05) is 6.07 Å². The third-order valence-corrected chi connectivity index (χ3v) is 5.78. The molecule has 2 aromatic carbocycles. The van der Waals surface area contributed by atoms with Crippen LogP contribution in [0, 0.1) is 5.82 Å². The van der Waals surface area contributed by atoms with E-state index in [-0.39, 0.29) is 11.6 Å². The van der Waals surface area contributed by atoms with E-state index in [2.05, 4.69) is 10.6 Å². The molecule has 2 N–H and O–H groups in total. The van der Waals surface area contributed by atoms with Gasteiger partial charge in [-0.25, -0.2) is 17.6 Å². The summed E-state index contributed by atoms with van der Waals surface area (Å²) in [6.07, 6.45) is 0.649. The van der Waals surface area contributed by atoms with E-state index in [9.17, 15) is 17.6 Å². The van der Waals surface area contributed by atoms with Crippen LogP contribution in [0.1, 0.15) is 12.5 Å². The summed E-state index contributed by atoms with van der Waals surface area (Å²) in [5, 5.41) is 5.25. The van der Waals surface area contributed by atoms with Gasteiger partial charge >= 0.3 is 6.03 Å². The smallest absolute Gasteiger partial charge is 0.308 e. The maximum atomic E-state index is 12.9. The van der Waals surface area contributed by atoms with E-state index in [1.54, 1.807) is 19.1 Å². The lowest BCUT2D eigenvalue weighted by Crippen LogP contribution is -2.30. The Morgan fingerprint density at radius 1 is 1.12 bits per heavy atom. The molecule has 0 atom stereocenters. The van der Waals surface area contributed by atoms with Crippen LogP contribution < -0.4 is 14.9 Å². The van der Waals surface area contributed by atoms with Gasteiger partial charge in [-0.05, 0) is 55.3 Å². The summed E-state index contributed by atoms with van der Waals surface area (Å²) in [5.74, 6) is -0.364. The number of nitrogens with one attached hydrogen (secondary N) is 2. The lowest BCUT2D eigenvalue weighted by atomic mass is 10.1. The first-order valence-corrected chi connectivity index (χ1v) is 9.47. The fraction of sp³-hybridized carbons (Fsp3) is 0.235. The molecule has 1 heterocycles. The van der Waals surface area contributed by atoms with Gasteiger partial charge in [0.15, 0.2) is 0 Å². The third kappa shape index (κ3) is 3.74. The molecular weight excluding hydrogens is 345 g/mol. The van der Waals surface area contributed by atoms with Crippen LogP contribution in [0.5, 0.6) is 0 Å². The number of fused-ring (bicyclic) bond motifs is 1. The van der Waals surface area contributed by atoms with E-state index in [1.807, 2.05) is 6.07 Å². The average Bonchev–Trinajstić information content (AvgIpc) is 3.01. The molecule has 3 rings (SSSR count). The zero-order valence-corrected chi connectivity index (χ0v) is 14.4. The number of nitrogens with zero attached hydrogens (tertiary/aromatic N) is 1. The number of hydrogen-bond acceptors (Lipinski definition) is 3. The molecule has 0 bridgehead atoms. The summed E-state index contributed by atoms with van der Waals surface area (Å²) in [6, 6.07) is 10.1. The maximum absolute atomic E-state index is 12.9. The van der Waals surface area contributed by atoms with E-state index >= 15 is 0 Å². The molecule has 0 radical (unpaired) electrons. The number of carbonyl (C=O) groups excluding carboxylic acids is 1. The van der Waals surface area contributed by atoms with Crippen molar-refractivity contribution < 1.29 is 17.6 Å². The number of sulfonamides is 1. The van der Waals surface area contributed by atoms with Gasteiger partial charge in [-0.2, -0.15) is 0 Å². The van der Waals surface area contributed by atoms with Crippen LogP contribution >= 0.6 is 0 Å². The summed E-state index contributed by atoms with van der Waals surface area (Å²) >= 11 is 0. The largest absolute Gasteiger partial charge is 0.323 e. The number of urea groups is 1. The van der Waals surface area contributed by atoms with Crippen molar-refractivity contribution in [2.24, 2.45) is 0 Å². The molecule has 0 saturated heterocycles. The SMILES string of the molecule is CCS(=O)(=O)N1CCc2ccc(NC(=O)Nc3ccc(F)cc3)cc21. The van der Waals surface area contributed by atoms with Crippen molar-refractivity contribution in [1.82, 2.24) is 0 Å². The highest BCUT2D eigenvalue weighted by Gasteiger charge is 2.28. The van der Waals surface area contributed by atoms with Crippen molar-refractivity contribution in [3.63, 3.8) is 0 Å². The fourth-order valence-corrected chi connectivity index (χ4v) is 3.85. The number of rotatable bonds is 4. The Kier molecular flexibility index (Phi) is 4.63. The first-order chi connectivity index (χ1) is 11.9. The number of benzene rings is 2. The van der Waals surface area contributed by atoms with E-state index in [0.717, 1.165) is 5.56 Å². The van der Waals surface area contributed by atoms with E-state index in [4.69, 9.17) is 0 Å². The highest BCUT2D eigenvalue weighted by molar-refractivity contribution is 7.92. The molecule has 6 nitrogen and oxygen atoms in total. The Hall–Kier alpha value is -2.61. The minimum absolute atomic E-state index is 0.0230. The van der Waals surface area contributed by atoms with Gasteiger partial charge in [0.25, 0.3) is 0 Å². The van der Waals surface area contributed by atoms with Crippen LogP contribution in [0.3, 0.4) is 0 Å². The molecule has 0 saturated carbocycles. The summed E-state index contributed by atoms with van der Waals surface area (Å²) < 4.78 is 38.6. The van der Waals surface area contributed by atoms with E-state index in [1.165, 1.54) is 28.6 Å². The Labute approximate surface area is 145 Å². The number of anilines is 3. The van der Waals surface area contributed by atoms with Crippen molar-refractivity contribution in [3.05, 3.63) is 53.8 Å². The van der Waals surface area contributed by atoms with Gasteiger partial charge in [-0.15, -0.1) is 0 Å². The minimum Gasteiger partial charge on any atom is -0.308 e. The summed E-state index contributed by atoms with van der Waals surface area (Å²) in [4.78, 5) is 12.1. The molecule has 25 heavy (non-hydrogen) atoms. The Morgan fingerprint density at radius 2 is 1.76 bits per heavy atom. The van der Waals surface area contributed by atoms with Gasteiger partial charge in [0.2, 0.25) is 10.0 Å². The summed E-state index contributed by atoms with van der Waals surface area (Å²) in [5.41, 5.74) is 2.47. The zero-order valence-electron chi connectivity index (χ0n) is 13.6. The fourth-order valence-electron chi connectivity index (χ4n) is 2.70. The standard InChI is InChI=1S/C17H18FN3O3S/c1-2-25(23,24)21-10-9-12-3-6-15(11-16(12)21)20-17(22)19-14-7-4-13(18)5-8-14/h3-8,11H,2,9-10H2,1H3,(H2,19,20,22). The molecule has 0 aliphatic carbocycles. The molecule has 0 fully saturated rings. The monoisotopic (exact) mass is 363 g/mol. The highest BCUT2D eigenvalue weighted by Crippen LogP contribution is 2.33. The number of hydrogen-bond donors (Lipinski definition) is 2. The number of carbonyl (C=O) groups is 1. The molecule has 132 valence electrons. The second-order valence-corrected chi connectivity index (χ2v) is 7.83. The van der Waals surface area contributed by atoms with Crippen molar-refractivity contribution in [1.29, 1.82) is 0 Å². The molecule has 2 aromatic rings. The maximum Gasteiger partial charge on any atom is 0.323 e. The normalized spacial score (nSPS) is 13.4. The second kappa shape index (κ2) is 6.72. The predicted octanol–water partition coefficient (Wildman–Crippen LogP) is 3.18. The van der Waals surface area contributed by atoms with Gasteiger partial charge in [0.05, 0.1) is 11.4 Å². The first-order valence-electron chi connectivity index (χ1n) is 7.86. The average molecular weight is 363 g/mol. The topological polar surface area (TPSA) is 78.5 Å². The summed E-state index contributed by atoms with van der Waals surface area (Å²) in [6.45, 7) is 2.02. The van der Waals surface area contributed by atoms with Crippen LogP contribution in [0.15, 0.2) is 42.5 Å². The lowest BCUT2D eigenvalue weighted by Gasteiger charge is -2.19. The van der Waals surface area contributed by atoms with Crippen molar-refractivity contribution in [2.75, 3.05) is 27.2 Å². The van der Waals surface area contributed by atoms with Crippen LogP contribution in [0.25, 0.3) is 0 Å². The van der Waals surface area contributed by atoms with Crippen LogP contribution in [0.4, 0.5) is 26.2 Å². The van der Waals surface area contributed by atoms with Gasteiger partial charge < -0.3 is 10.6 Å². The van der Waals surface area contributed by atoms with Crippen molar-refractivity contribution in [2.45, 2.75) is 13.3 Å². The van der Waals surface area contributed by atoms with Crippen LogP contribution in [-0.4, -0.2) is 26.7 Å². The molecule has 1 aliphatic heterocycles. The Morgan fingerprint density at radius 3 is 2.44 bits per heavy atom. The van der Waals surface area contributed by atoms with Crippen molar-refractivity contribution >= 4 is 33.1 Å². The van der Waals surface area contributed by atoms with Crippen molar-refractivity contribution in [3.8, 4) is 0 Å². The number of amides is 2. The number of halogens is 1. The molecule has 0 spiro atoms. The molecule has 2 amide bonds. The highest BCUT2D eigenvalue weighted by atomic mass is 32.2. The Balaban J connectivity index is 1.75. The molecular formula is C17H18FN3O3S. The van der Waals surface area contributed by atoms with Gasteiger partial charge in [0.1, 0.15) is 5.82 Å². The zero-order chi connectivity index (χ0) is 18.0. The minimum atomic E-state index is -3.34. The van der Waals surface area contributed by atoms with Crippen LogP contribution in [-0.2, 0) is 16.4 Å². The van der Waals surface area contributed by atoms with Crippen LogP contribution in [0.2, 0.25) is 0 Å². The Bertz CT molecular complexity index is 898. The molecule has 0 unspecified atom stereocenters. The first kappa shape index (κ1) is 17.2. The summed E-state index contributed by atoms with van der Waals surface area (Å²) in [7, 11) is -3.34. The van der Waals surface area contributed by atoms with E-state index < -0.39 is 16.1 Å². The molecule has 8 heteroatoms. The quantitative estimate of drug-likeness (QED) is 0.876. The van der Waals surface area contributed by atoms with Gasteiger partial charge in [0, 0.05) is 17.9 Å². The molecule has 0 aromatic heterocycles. The van der Waals surface area contributed by atoms with Gasteiger partial charge in [-0.3, -0.25) is 4.31 Å². The molecule has 1 aliphatic rings. The lowest BCUT2D eigenvalue weighted by molar-refractivity contribution is 0.262.